The average molecular weight is 320 g/mol. The van der Waals surface area contributed by atoms with Gasteiger partial charge < -0.3 is 10.0 Å². The highest BCUT2D eigenvalue weighted by Gasteiger charge is 2.61. The van der Waals surface area contributed by atoms with Crippen LogP contribution < -0.4 is 4.90 Å². The van der Waals surface area contributed by atoms with Crippen LogP contribution in [0.4, 0.5) is 10.5 Å². The predicted molar refractivity (Wildman–Crippen MR) is 79.5 cm³/mol. The van der Waals surface area contributed by atoms with E-state index in [9.17, 15) is 14.7 Å². The third kappa shape index (κ3) is 1.64. The highest BCUT2D eigenvalue weighted by molar-refractivity contribution is 6.33. The quantitative estimate of drug-likeness (QED) is 0.800. The summed E-state index contributed by atoms with van der Waals surface area (Å²) in [5.41, 5.74) is -0.110. The van der Waals surface area contributed by atoms with E-state index in [0.29, 0.717) is 24.2 Å². The molecule has 2 fully saturated rings. The summed E-state index contributed by atoms with van der Waals surface area (Å²) in [5.74, 6) is -0.466. The van der Waals surface area contributed by atoms with Crippen molar-refractivity contribution in [2.75, 3.05) is 11.4 Å². The van der Waals surface area contributed by atoms with Gasteiger partial charge in [0.25, 0.3) is 5.91 Å². The third-order valence-corrected chi connectivity index (χ3v) is 5.10. The number of nitrogens with zero attached hydrogens (tertiary/aromatic N) is 3. The molecule has 1 aromatic carbocycles. The van der Waals surface area contributed by atoms with E-state index in [-0.39, 0.29) is 10.6 Å². The van der Waals surface area contributed by atoms with E-state index in [4.69, 9.17) is 16.9 Å². The van der Waals surface area contributed by atoms with Crippen LogP contribution in [0.15, 0.2) is 12.1 Å². The molecule has 22 heavy (non-hydrogen) atoms. The first kappa shape index (κ1) is 14.8. The Labute approximate surface area is 132 Å². The number of rotatable bonds is 1. The van der Waals surface area contributed by atoms with Crippen molar-refractivity contribution in [3.8, 4) is 6.07 Å². The minimum Gasteiger partial charge on any atom is -0.390 e. The number of nitriles is 1. The van der Waals surface area contributed by atoms with Crippen LogP contribution in [0.5, 0.6) is 0 Å². The number of urea groups is 1. The number of aliphatic hydroxyl groups is 1. The number of halogens is 1. The zero-order chi connectivity index (χ0) is 16.2. The average Bonchev–Trinajstić information content (AvgIpc) is 2.89. The first-order valence-electron chi connectivity index (χ1n) is 6.87. The molecule has 2 saturated heterocycles. The molecule has 0 aliphatic carbocycles. The second-order valence-corrected chi connectivity index (χ2v) is 6.09. The Morgan fingerprint density at radius 1 is 1.45 bits per heavy atom. The molecule has 0 aromatic heterocycles. The zero-order valence-electron chi connectivity index (χ0n) is 12.1. The zero-order valence-corrected chi connectivity index (χ0v) is 12.9. The van der Waals surface area contributed by atoms with Crippen LogP contribution in [0.25, 0.3) is 0 Å². The Bertz CT molecular complexity index is 742. The van der Waals surface area contributed by atoms with E-state index in [0.717, 1.165) is 4.90 Å². The molecule has 1 unspecified atom stereocenters. The van der Waals surface area contributed by atoms with Gasteiger partial charge in [-0.25, -0.2) is 9.69 Å². The number of aliphatic hydroxyl groups excluding tert-OH is 1. The van der Waals surface area contributed by atoms with Gasteiger partial charge in [0.05, 0.1) is 22.4 Å². The molecule has 1 aromatic rings. The van der Waals surface area contributed by atoms with Crippen molar-refractivity contribution in [1.82, 2.24) is 4.90 Å². The summed E-state index contributed by atoms with van der Waals surface area (Å²) in [6.07, 6.45) is -0.502. The fourth-order valence-electron chi connectivity index (χ4n) is 3.15. The van der Waals surface area contributed by atoms with E-state index < -0.39 is 23.6 Å². The molecule has 3 rings (SSSR count). The normalized spacial score (nSPS) is 27.3. The Morgan fingerprint density at radius 3 is 2.73 bits per heavy atom. The molecular formula is C15H14ClN3O3. The fourth-order valence-corrected chi connectivity index (χ4v) is 3.35. The standard InChI is InChI=1S/C15H14ClN3O3/c1-8-10(4-3-9(7-17)12(8)16)19-13(21)15(2)11(20)5-6-18(15)14(19)22/h3-4,11,20H,5-6H2,1-2H3/t11-,15?/m0/s1. The minimum atomic E-state index is -1.23. The maximum Gasteiger partial charge on any atom is 0.332 e. The van der Waals surface area contributed by atoms with Crippen molar-refractivity contribution >= 4 is 29.2 Å². The Morgan fingerprint density at radius 2 is 2.14 bits per heavy atom. The number of carbonyl (C=O) groups excluding carboxylic acids is 2. The van der Waals surface area contributed by atoms with Gasteiger partial charge in [-0.2, -0.15) is 5.26 Å². The van der Waals surface area contributed by atoms with Gasteiger partial charge in [-0.15, -0.1) is 0 Å². The summed E-state index contributed by atoms with van der Waals surface area (Å²) in [6, 6.07) is 4.51. The highest BCUT2D eigenvalue weighted by atomic mass is 35.5. The van der Waals surface area contributed by atoms with Crippen molar-refractivity contribution in [3.05, 3.63) is 28.3 Å². The number of benzene rings is 1. The van der Waals surface area contributed by atoms with Crippen molar-refractivity contribution in [2.45, 2.75) is 31.9 Å². The maximum atomic E-state index is 12.7. The van der Waals surface area contributed by atoms with Crippen LogP contribution in [0, 0.1) is 18.3 Å². The Balaban J connectivity index is 2.12. The molecule has 2 heterocycles. The Hall–Kier alpha value is -2.10. The van der Waals surface area contributed by atoms with Crippen LogP contribution in [-0.4, -0.2) is 40.1 Å². The number of imide groups is 1. The third-order valence-electron chi connectivity index (χ3n) is 4.61. The summed E-state index contributed by atoms with van der Waals surface area (Å²) in [7, 11) is 0. The minimum absolute atomic E-state index is 0.221. The van der Waals surface area contributed by atoms with E-state index >= 15 is 0 Å². The molecule has 6 nitrogen and oxygen atoms in total. The van der Waals surface area contributed by atoms with Crippen LogP contribution in [0.2, 0.25) is 5.02 Å². The van der Waals surface area contributed by atoms with E-state index in [1.807, 2.05) is 6.07 Å². The maximum absolute atomic E-state index is 12.7. The lowest BCUT2D eigenvalue weighted by Crippen LogP contribution is -2.49. The first-order chi connectivity index (χ1) is 10.3. The van der Waals surface area contributed by atoms with Crippen LogP contribution in [0.1, 0.15) is 24.5 Å². The molecule has 0 spiro atoms. The van der Waals surface area contributed by atoms with Gasteiger partial charge in [0.2, 0.25) is 0 Å². The van der Waals surface area contributed by atoms with Gasteiger partial charge >= 0.3 is 6.03 Å². The van der Waals surface area contributed by atoms with Crippen molar-refractivity contribution in [1.29, 1.82) is 5.26 Å². The van der Waals surface area contributed by atoms with Gasteiger partial charge in [0.1, 0.15) is 11.6 Å². The topological polar surface area (TPSA) is 84.6 Å². The molecule has 7 heteroatoms. The molecule has 2 aliphatic rings. The van der Waals surface area contributed by atoms with Crippen LogP contribution in [-0.2, 0) is 4.79 Å². The van der Waals surface area contributed by atoms with E-state index in [1.165, 1.54) is 17.0 Å². The lowest BCUT2D eigenvalue weighted by atomic mass is 9.95. The van der Waals surface area contributed by atoms with Gasteiger partial charge in [-0.1, -0.05) is 11.6 Å². The van der Waals surface area contributed by atoms with Gasteiger partial charge in [0, 0.05) is 6.54 Å². The van der Waals surface area contributed by atoms with Crippen molar-refractivity contribution in [3.63, 3.8) is 0 Å². The number of amides is 3. The molecule has 0 radical (unpaired) electrons. The Kier molecular flexibility index (Phi) is 3.17. The predicted octanol–water partition coefficient (Wildman–Crippen LogP) is 1.81. The number of hydrogen-bond donors (Lipinski definition) is 1. The van der Waals surface area contributed by atoms with Gasteiger partial charge in [-0.05, 0) is 38.0 Å². The molecule has 0 bridgehead atoms. The fraction of sp³-hybridized carbons (Fsp3) is 0.400. The highest BCUT2D eigenvalue weighted by Crippen LogP contribution is 2.41. The first-order valence-corrected chi connectivity index (χ1v) is 7.25. The molecular weight excluding hydrogens is 306 g/mol. The van der Waals surface area contributed by atoms with E-state index in [1.54, 1.807) is 13.8 Å². The van der Waals surface area contributed by atoms with Crippen molar-refractivity contribution < 1.29 is 14.7 Å². The lowest BCUT2D eigenvalue weighted by Gasteiger charge is -2.26. The second kappa shape index (κ2) is 4.70. The second-order valence-electron chi connectivity index (χ2n) is 5.71. The SMILES string of the molecule is Cc1c(N2C(=O)N3CC[C@H](O)C3(C)C2=O)ccc(C#N)c1Cl. The van der Waals surface area contributed by atoms with Gasteiger partial charge in [0.15, 0.2) is 0 Å². The molecule has 0 saturated carbocycles. The van der Waals surface area contributed by atoms with Crippen LogP contribution >= 0.6 is 11.6 Å². The molecule has 1 N–H and O–H groups in total. The summed E-state index contributed by atoms with van der Waals surface area (Å²) >= 11 is 6.12. The monoisotopic (exact) mass is 319 g/mol. The van der Waals surface area contributed by atoms with Gasteiger partial charge in [-0.3, -0.25) is 4.79 Å². The van der Waals surface area contributed by atoms with Crippen molar-refractivity contribution in [2.24, 2.45) is 0 Å². The number of hydrogen-bond acceptors (Lipinski definition) is 4. The summed E-state index contributed by atoms with van der Waals surface area (Å²) in [4.78, 5) is 27.8. The summed E-state index contributed by atoms with van der Waals surface area (Å²) in [6.45, 7) is 3.56. The molecule has 3 amide bonds. The lowest BCUT2D eigenvalue weighted by molar-refractivity contribution is -0.126. The smallest absolute Gasteiger partial charge is 0.332 e. The number of anilines is 1. The van der Waals surface area contributed by atoms with E-state index in [2.05, 4.69) is 0 Å². The summed E-state index contributed by atoms with van der Waals surface area (Å²) < 4.78 is 0. The molecule has 2 aliphatic heterocycles. The summed E-state index contributed by atoms with van der Waals surface area (Å²) in [5, 5.41) is 19.3. The number of carbonyl (C=O) groups is 2. The molecule has 2 atom stereocenters. The molecule has 114 valence electrons. The number of fused-ring (bicyclic) bond motifs is 1. The largest absolute Gasteiger partial charge is 0.390 e. The van der Waals surface area contributed by atoms with Crippen LogP contribution in [0.3, 0.4) is 0 Å².